The van der Waals surface area contributed by atoms with Crippen molar-refractivity contribution in [3.63, 3.8) is 0 Å². The second-order valence-corrected chi connectivity index (χ2v) is 5.51. The zero-order valence-corrected chi connectivity index (χ0v) is 12.9. The molecule has 0 amide bonds. The number of likely N-dealkylation sites (N-methyl/N-ethyl adjacent to an activating group) is 1. The van der Waals surface area contributed by atoms with E-state index in [0.717, 1.165) is 15.8 Å². The maximum atomic E-state index is 13.4. The van der Waals surface area contributed by atoms with Gasteiger partial charge in [0.1, 0.15) is 18.2 Å². The first kappa shape index (κ1) is 15.0. The molecule has 0 aliphatic rings. The van der Waals surface area contributed by atoms with Gasteiger partial charge in [0, 0.05) is 10.5 Å². The normalized spacial score (nSPS) is 12.2. The Kier molecular flexibility index (Phi) is 5.56. The van der Waals surface area contributed by atoms with E-state index in [4.69, 9.17) is 4.74 Å². The van der Waals surface area contributed by atoms with Gasteiger partial charge >= 0.3 is 0 Å². The highest BCUT2D eigenvalue weighted by atomic mass is 79.9. The first-order valence-corrected chi connectivity index (χ1v) is 7.27. The number of ether oxygens (including phenoxy) is 1. The minimum Gasteiger partial charge on any atom is -0.492 e. The molecule has 1 N–H and O–H groups in total. The predicted octanol–water partition coefficient (Wildman–Crippen LogP) is 3.80. The van der Waals surface area contributed by atoms with Crippen LogP contribution in [0.2, 0.25) is 0 Å². The molecule has 2 nitrogen and oxygen atoms in total. The van der Waals surface area contributed by atoms with Crippen molar-refractivity contribution in [1.29, 1.82) is 0 Å². The van der Waals surface area contributed by atoms with Gasteiger partial charge in [-0.1, -0.05) is 34.1 Å². The van der Waals surface area contributed by atoms with Crippen molar-refractivity contribution in [2.75, 3.05) is 13.7 Å². The molecule has 0 saturated heterocycles. The highest BCUT2D eigenvalue weighted by molar-refractivity contribution is 9.10. The monoisotopic (exact) mass is 337 g/mol. The summed E-state index contributed by atoms with van der Waals surface area (Å²) in [5.41, 5.74) is 0.938. The van der Waals surface area contributed by atoms with Gasteiger partial charge in [-0.05, 0) is 49.4 Å². The molecular formula is C16H17BrFNO. The molecule has 0 fully saturated rings. The summed E-state index contributed by atoms with van der Waals surface area (Å²) in [6.07, 6.45) is 0.708. The van der Waals surface area contributed by atoms with E-state index < -0.39 is 0 Å². The van der Waals surface area contributed by atoms with E-state index in [2.05, 4.69) is 21.2 Å². The van der Waals surface area contributed by atoms with Crippen LogP contribution in [0.25, 0.3) is 0 Å². The summed E-state index contributed by atoms with van der Waals surface area (Å²) in [5.74, 6) is 0.612. The smallest absolute Gasteiger partial charge is 0.124 e. The number of benzene rings is 2. The molecule has 0 aliphatic heterocycles. The minimum absolute atomic E-state index is 0.129. The highest BCUT2D eigenvalue weighted by Crippen LogP contribution is 2.16. The standard InChI is InChI=1S/C16H17BrFNO/c1-19-15(11-20-16-5-3-2-4-6-16)9-12-7-13(17)10-14(18)8-12/h2-8,10,15,19H,9,11H2,1H3. The lowest BCUT2D eigenvalue weighted by atomic mass is 10.1. The van der Waals surface area contributed by atoms with Crippen molar-refractivity contribution in [2.45, 2.75) is 12.5 Å². The van der Waals surface area contributed by atoms with Gasteiger partial charge in [-0.2, -0.15) is 0 Å². The van der Waals surface area contributed by atoms with E-state index in [1.807, 2.05) is 43.4 Å². The maximum absolute atomic E-state index is 13.4. The first-order chi connectivity index (χ1) is 9.67. The topological polar surface area (TPSA) is 21.3 Å². The largest absolute Gasteiger partial charge is 0.492 e. The molecule has 1 unspecified atom stereocenters. The molecule has 2 aromatic carbocycles. The van der Waals surface area contributed by atoms with Crippen LogP contribution in [-0.2, 0) is 6.42 Å². The van der Waals surface area contributed by atoms with E-state index in [0.29, 0.717) is 13.0 Å². The fourth-order valence-electron chi connectivity index (χ4n) is 1.97. The number of para-hydroxylation sites is 1. The molecule has 0 spiro atoms. The molecule has 0 saturated carbocycles. The summed E-state index contributed by atoms with van der Waals surface area (Å²) in [6.45, 7) is 0.536. The van der Waals surface area contributed by atoms with Crippen LogP contribution < -0.4 is 10.1 Å². The second kappa shape index (κ2) is 7.41. The van der Waals surface area contributed by atoms with Crippen LogP contribution in [0.5, 0.6) is 5.75 Å². The van der Waals surface area contributed by atoms with Gasteiger partial charge in [-0.15, -0.1) is 0 Å². The van der Waals surface area contributed by atoms with Gasteiger partial charge in [0.25, 0.3) is 0 Å². The Hall–Kier alpha value is -1.39. The van der Waals surface area contributed by atoms with Crippen LogP contribution in [0.4, 0.5) is 4.39 Å². The van der Waals surface area contributed by atoms with Crippen LogP contribution in [0.3, 0.4) is 0 Å². The van der Waals surface area contributed by atoms with Crippen LogP contribution in [0.15, 0.2) is 53.0 Å². The van der Waals surface area contributed by atoms with Gasteiger partial charge < -0.3 is 10.1 Å². The van der Waals surface area contributed by atoms with Crippen molar-refractivity contribution in [3.05, 3.63) is 64.4 Å². The van der Waals surface area contributed by atoms with Gasteiger partial charge in [-0.3, -0.25) is 0 Å². The molecule has 0 bridgehead atoms. The lowest BCUT2D eigenvalue weighted by molar-refractivity contribution is 0.269. The Morgan fingerprint density at radius 3 is 2.60 bits per heavy atom. The predicted molar refractivity (Wildman–Crippen MR) is 82.6 cm³/mol. The van der Waals surface area contributed by atoms with Crippen LogP contribution in [0.1, 0.15) is 5.56 Å². The molecule has 0 aromatic heterocycles. The molecule has 20 heavy (non-hydrogen) atoms. The lowest BCUT2D eigenvalue weighted by Gasteiger charge is -2.17. The molecule has 0 heterocycles. The quantitative estimate of drug-likeness (QED) is 0.865. The van der Waals surface area contributed by atoms with Crippen LogP contribution in [-0.4, -0.2) is 19.7 Å². The number of hydrogen-bond acceptors (Lipinski definition) is 2. The van der Waals surface area contributed by atoms with E-state index in [1.165, 1.54) is 6.07 Å². The van der Waals surface area contributed by atoms with Crippen LogP contribution in [0, 0.1) is 5.82 Å². The summed E-state index contributed by atoms with van der Waals surface area (Å²) < 4.78 is 19.8. The molecule has 4 heteroatoms. The number of halogens is 2. The van der Waals surface area contributed by atoms with Gasteiger partial charge in [0.05, 0.1) is 0 Å². The Morgan fingerprint density at radius 2 is 1.95 bits per heavy atom. The third-order valence-corrected chi connectivity index (χ3v) is 3.46. The van der Waals surface area contributed by atoms with Crippen molar-refractivity contribution >= 4 is 15.9 Å². The summed E-state index contributed by atoms with van der Waals surface area (Å²) in [7, 11) is 1.88. The summed E-state index contributed by atoms with van der Waals surface area (Å²) in [4.78, 5) is 0. The molecule has 0 aliphatic carbocycles. The summed E-state index contributed by atoms with van der Waals surface area (Å²) >= 11 is 3.31. The minimum atomic E-state index is -0.229. The number of nitrogens with one attached hydrogen (secondary N) is 1. The fourth-order valence-corrected chi connectivity index (χ4v) is 2.48. The fraction of sp³-hybridized carbons (Fsp3) is 0.250. The van der Waals surface area contributed by atoms with E-state index in [1.54, 1.807) is 6.07 Å². The Morgan fingerprint density at radius 1 is 1.20 bits per heavy atom. The molecule has 2 rings (SSSR count). The van der Waals surface area contributed by atoms with Gasteiger partial charge in [0.15, 0.2) is 0 Å². The average Bonchev–Trinajstić information content (AvgIpc) is 2.43. The second-order valence-electron chi connectivity index (χ2n) is 4.59. The SMILES string of the molecule is CNC(COc1ccccc1)Cc1cc(F)cc(Br)c1. The van der Waals surface area contributed by atoms with E-state index in [9.17, 15) is 4.39 Å². The van der Waals surface area contributed by atoms with E-state index in [-0.39, 0.29) is 11.9 Å². The molecule has 2 aromatic rings. The molecular weight excluding hydrogens is 321 g/mol. The Labute approximate surface area is 127 Å². The van der Waals surface area contributed by atoms with Crippen molar-refractivity contribution in [2.24, 2.45) is 0 Å². The number of rotatable bonds is 6. The van der Waals surface area contributed by atoms with E-state index >= 15 is 0 Å². The first-order valence-electron chi connectivity index (χ1n) is 6.47. The summed E-state index contributed by atoms with van der Waals surface area (Å²) in [5, 5.41) is 3.20. The Balaban J connectivity index is 1.95. The van der Waals surface area contributed by atoms with Crippen molar-refractivity contribution in [3.8, 4) is 5.75 Å². The average molecular weight is 338 g/mol. The highest BCUT2D eigenvalue weighted by Gasteiger charge is 2.10. The molecule has 0 radical (unpaired) electrons. The molecule has 106 valence electrons. The van der Waals surface area contributed by atoms with Gasteiger partial charge in [-0.25, -0.2) is 4.39 Å². The van der Waals surface area contributed by atoms with Crippen LogP contribution >= 0.6 is 15.9 Å². The maximum Gasteiger partial charge on any atom is 0.124 e. The summed E-state index contributed by atoms with van der Waals surface area (Å²) in [6, 6.07) is 14.7. The zero-order valence-electron chi connectivity index (χ0n) is 11.3. The number of hydrogen-bond donors (Lipinski definition) is 1. The molecule has 1 atom stereocenters. The third-order valence-electron chi connectivity index (χ3n) is 3.01. The van der Waals surface area contributed by atoms with Gasteiger partial charge in [0.2, 0.25) is 0 Å². The third kappa shape index (κ3) is 4.62. The zero-order chi connectivity index (χ0) is 14.4. The lowest BCUT2D eigenvalue weighted by Crippen LogP contribution is -2.33. The van der Waals surface area contributed by atoms with Crippen molar-refractivity contribution in [1.82, 2.24) is 5.32 Å². The Bertz CT molecular complexity index is 527. The van der Waals surface area contributed by atoms with Crippen molar-refractivity contribution < 1.29 is 9.13 Å².